The molecule has 0 saturated heterocycles. The summed E-state index contributed by atoms with van der Waals surface area (Å²) in [5.74, 6) is 0.231. The molecule has 4 aromatic rings. The monoisotopic (exact) mass is 326 g/mol. The number of aryl methyl sites for hydroxylation is 2. The fourth-order valence-corrected chi connectivity index (χ4v) is 3.12. The van der Waals surface area contributed by atoms with Crippen molar-refractivity contribution in [3.63, 3.8) is 0 Å². The Morgan fingerprint density at radius 3 is 2.60 bits per heavy atom. The number of pyridine rings is 1. The molecule has 0 saturated carbocycles. The van der Waals surface area contributed by atoms with E-state index in [0.717, 1.165) is 44.2 Å². The lowest BCUT2D eigenvalue weighted by molar-refractivity contribution is 0.475. The van der Waals surface area contributed by atoms with Gasteiger partial charge in [0.25, 0.3) is 0 Å². The number of rotatable bonds is 2. The molecule has 3 nitrogen and oxygen atoms in total. The molecular formula is C22H18N2O. The molecule has 1 N–H and O–H groups in total. The Hall–Kier alpha value is -3.20. The van der Waals surface area contributed by atoms with Crippen LogP contribution in [0.2, 0.25) is 0 Å². The molecule has 0 bridgehead atoms. The number of hydrogen-bond acceptors (Lipinski definition) is 3. The highest BCUT2D eigenvalue weighted by atomic mass is 16.3. The number of fused-ring (bicyclic) bond motifs is 2. The van der Waals surface area contributed by atoms with Crippen molar-refractivity contribution in [1.82, 2.24) is 4.98 Å². The lowest BCUT2D eigenvalue weighted by Crippen LogP contribution is -1.88. The minimum Gasteiger partial charge on any atom is -0.507 e. The molecule has 1 aromatic heterocycles. The predicted octanol–water partition coefficient (Wildman–Crippen LogP) is 5.46. The lowest BCUT2D eigenvalue weighted by Gasteiger charge is -2.08. The number of nitrogens with zero attached hydrogens (tertiary/aromatic N) is 2. The molecule has 0 amide bonds. The molecule has 0 fully saturated rings. The van der Waals surface area contributed by atoms with Gasteiger partial charge in [-0.25, -0.2) is 0 Å². The van der Waals surface area contributed by atoms with Gasteiger partial charge in [0.1, 0.15) is 5.75 Å². The van der Waals surface area contributed by atoms with E-state index in [1.165, 1.54) is 0 Å². The van der Waals surface area contributed by atoms with Crippen LogP contribution in [-0.4, -0.2) is 16.3 Å². The summed E-state index contributed by atoms with van der Waals surface area (Å²) in [6.45, 7) is 4.02. The highest BCUT2D eigenvalue weighted by Crippen LogP contribution is 2.31. The molecule has 0 aliphatic heterocycles. The van der Waals surface area contributed by atoms with E-state index in [0.29, 0.717) is 0 Å². The van der Waals surface area contributed by atoms with Gasteiger partial charge in [0, 0.05) is 22.9 Å². The Labute approximate surface area is 146 Å². The fourth-order valence-electron chi connectivity index (χ4n) is 3.12. The van der Waals surface area contributed by atoms with Gasteiger partial charge < -0.3 is 5.11 Å². The van der Waals surface area contributed by atoms with E-state index in [2.05, 4.69) is 11.1 Å². The third kappa shape index (κ3) is 2.74. The van der Waals surface area contributed by atoms with Crippen LogP contribution in [0, 0.1) is 13.8 Å². The van der Waals surface area contributed by atoms with Crippen molar-refractivity contribution < 1.29 is 5.11 Å². The van der Waals surface area contributed by atoms with E-state index in [1.54, 1.807) is 12.3 Å². The number of phenolic OH excluding ortho intramolecular Hbond substituents is 1. The van der Waals surface area contributed by atoms with Crippen molar-refractivity contribution in [2.45, 2.75) is 13.8 Å². The Kier molecular flexibility index (Phi) is 3.69. The van der Waals surface area contributed by atoms with E-state index in [-0.39, 0.29) is 5.75 Å². The second-order valence-electron chi connectivity index (χ2n) is 6.23. The van der Waals surface area contributed by atoms with Crippen LogP contribution >= 0.6 is 0 Å². The normalized spacial score (nSPS) is 11.6. The van der Waals surface area contributed by atoms with E-state index >= 15 is 0 Å². The Balaban J connectivity index is 1.90. The van der Waals surface area contributed by atoms with Crippen molar-refractivity contribution in [2.75, 3.05) is 0 Å². The highest BCUT2D eigenvalue weighted by molar-refractivity contribution is 6.04. The first kappa shape index (κ1) is 15.3. The smallest absolute Gasteiger partial charge is 0.124 e. The van der Waals surface area contributed by atoms with E-state index in [1.807, 2.05) is 62.4 Å². The van der Waals surface area contributed by atoms with E-state index in [9.17, 15) is 5.11 Å². The van der Waals surface area contributed by atoms with Gasteiger partial charge in [0.05, 0.1) is 11.2 Å². The number of benzene rings is 3. The fraction of sp³-hybridized carbons (Fsp3) is 0.0909. The van der Waals surface area contributed by atoms with Crippen LogP contribution in [0.4, 0.5) is 5.69 Å². The summed E-state index contributed by atoms with van der Waals surface area (Å²) in [5.41, 5.74) is 4.61. The summed E-state index contributed by atoms with van der Waals surface area (Å²) in [6.07, 6.45) is 1.75. The summed E-state index contributed by atoms with van der Waals surface area (Å²) < 4.78 is 0. The SMILES string of the molecule is Cc1ccc2c(N=Cc3c(O)ccc4ccccc34)c(C)ccc2n1. The molecule has 3 aromatic carbocycles. The summed E-state index contributed by atoms with van der Waals surface area (Å²) >= 11 is 0. The van der Waals surface area contributed by atoms with Gasteiger partial charge in [0.2, 0.25) is 0 Å². The zero-order valence-electron chi connectivity index (χ0n) is 14.2. The van der Waals surface area contributed by atoms with Crippen molar-refractivity contribution in [1.29, 1.82) is 0 Å². The molecule has 0 spiro atoms. The Morgan fingerprint density at radius 2 is 1.72 bits per heavy atom. The molecule has 25 heavy (non-hydrogen) atoms. The van der Waals surface area contributed by atoms with Crippen LogP contribution in [0.25, 0.3) is 21.7 Å². The van der Waals surface area contributed by atoms with Crippen LogP contribution in [0.5, 0.6) is 5.75 Å². The number of aromatic nitrogens is 1. The van der Waals surface area contributed by atoms with Gasteiger partial charge in [-0.15, -0.1) is 0 Å². The number of hydrogen-bond donors (Lipinski definition) is 1. The van der Waals surface area contributed by atoms with Crippen molar-refractivity contribution in [2.24, 2.45) is 4.99 Å². The van der Waals surface area contributed by atoms with Gasteiger partial charge in [-0.1, -0.05) is 36.4 Å². The number of phenols is 1. The average Bonchev–Trinajstić information content (AvgIpc) is 2.62. The number of aliphatic imine (C=N–C) groups is 1. The molecular weight excluding hydrogens is 308 g/mol. The number of aromatic hydroxyl groups is 1. The summed E-state index contributed by atoms with van der Waals surface area (Å²) in [4.78, 5) is 9.30. The largest absolute Gasteiger partial charge is 0.507 e. The summed E-state index contributed by atoms with van der Waals surface area (Å²) in [6, 6.07) is 19.7. The zero-order chi connectivity index (χ0) is 17.4. The first-order valence-electron chi connectivity index (χ1n) is 8.25. The minimum atomic E-state index is 0.231. The molecule has 1 heterocycles. The molecule has 3 heteroatoms. The third-order valence-corrected chi connectivity index (χ3v) is 4.45. The van der Waals surface area contributed by atoms with Crippen LogP contribution in [0.3, 0.4) is 0 Å². The van der Waals surface area contributed by atoms with E-state index < -0.39 is 0 Å². The van der Waals surface area contributed by atoms with Gasteiger partial charge in [0.15, 0.2) is 0 Å². The molecule has 0 atom stereocenters. The summed E-state index contributed by atoms with van der Waals surface area (Å²) in [7, 11) is 0. The maximum atomic E-state index is 10.3. The molecule has 4 rings (SSSR count). The molecule has 0 aliphatic carbocycles. The second-order valence-corrected chi connectivity index (χ2v) is 6.23. The average molecular weight is 326 g/mol. The van der Waals surface area contributed by atoms with Crippen LogP contribution in [-0.2, 0) is 0 Å². The third-order valence-electron chi connectivity index (χ3n) is 4.45. The molecule has 0 aliphatic rings. The minimum absolute atomic E-state index is 0.231. The van der Waals surface area contributed by atoms with Gasteiger partial charge in [-0.2, -0.15) is 0 Å². The molecule has 0 radical (unpaired) electrons. The zero-order valence-corrected chi connectivity index (χ0v) is 14.2. The van der Waals surface area contributed by atoms with Crippen molar-refractivity contribution in [3.8, 4) is 5.75 Å². The maximum absolute atomic E-state index is 10.3. The standard InChI is InChI=1S/C22H18N2O/c1-14-7-11-20-18(10-8-15(2)24-20)22(14)23-13-19-17-6-4-3-5-16(17)9-12-21(19)25/h3-13,25H,1-2H3. The summed E-state index contributed by atoms with van der Waals surface area (Å²) in [5, 5.41) is 13.4. The molecule has 0 unspecified atom stereocenters. The maximum Gasteiger partial charge on any atom is 0.124 e. The topological polar surface area (TPSA) is 45.5 Å². The first-order chi connectivity index (χ1) is 12.1. The van der Waals surface area contributed by atoms with Crippen LogP contribution < -0.4 is 0 Å². The van der Waals surface area contributed by atoms with Gasteiger partial charge >= 0.3 is 0 Å². The van der Waals surface area contributed by atoms with Crippen LogP contribution in [0.15, 0.2) is 65.7 Å². The van der Waals surface area contributed by atoms with Crippen LogP contribution in [0.1, 0.15) is 16.8 Å². The second kappa shape index (κ2) is 6.02. The highest BCUT2D eigenvalue weighted by Gasteiger charge is 2.07. The Morgan fingerprint density at radius 1 is 0.880 bits per heavy atom. The van der Waals surface area contributed by atoms with Gasteiger partial charge in [-0.05, 0) is 54.4 Å². The Bertz CT molecular complexity index is 1130. The van der Waals surface area contributed by atoms with Crippen molar-refractivity contribution >= 4 is 33.6 Å². The predicted molar refractivity (Wildman–Crippen MR) is 104 cm³/mol. The van der Waals surface area contributed by atoms with E-state index in [4.69, 9.17) is 4.99 Å². The van der Waals surface area contributed by atoms with Crippen molar-refractivity contribution in [3.05, 3.63) is 77.5 Å². The lowest BCUT2D eigenvalue weighted by atomic mass is 10.0. The quantitative estimate of drug-likeness (QED) is 0.497. The van der Waals surface area contributed by atoms with Gasteiger partial charge in [-0.3, -0.25) is 9.98 Å². The molecule has 122 valence electrons. The first-order valence-corrected chi connectivity index (χ1v) is 8.25.